The van der Waals surface area contributed by atoms with Crippen molar-refractivity contribution in [2.45, 2.75) is 58.5 Å². The van der Waals surface area contributed by atoms with Crippen LogP contribution >= 0.6 is 0 Å². The molecule has 2 rings (SSSR count). The van der Waals surface area contributed by atoms with Gasteiger partial charge < -0.3 is 10.2 Å². The van der Waals surface area contributed by atoms with Gasteiger partial charge in [0, 0.05) is 6.61 Å². The highest BCUT2D eigenvalue weighted by atomic mass is 16.3. The Bertz CT molecular complexity index is 237. The molecule has 0 saturated heterocycles. The normalized spacial score (nSPS) is 44.8. The van der Waals surface area contributed by atoms with Gasteiger partial charge in [-0.25, -0.2) is 0 Å². The first-order valence-electron chi connectivity index (χ1n) is 6.32. The van der Waals surface area contributed by atoms with Crippen LogP contribution in [0.15, 0.2) is 0 Å². The molecule has 3 atom stereocenters. The van der Waals surface area contributed by atoms with Gasteiger partial charge in [0.1, 0.15) is 0 Å². The summed E-state index contributed by atoms with van der Waals surface area (Å²) in [5, 5.41) is 19.8. The van der Waals surface area contributed by atoms with Gasteiger partial charge in [-0.15, -0.1) is 0 Å². The van der Waals surface area contributed by atoms with Crippen LogP contribution < -0.4 is 0 Å². The molecule has 0 radical (unpaired) electrons. The van der Waals surface area contributed by atoms with E-state index in [0.29, 0.717) is 12.5 Å². The molecule has 15 heavy (non-hydrogen) atoms. The Morgan fingerprint density at radius 1 is 1.13 bits per heavy atom. The maximum absolute atomic E-state index is 10.1. The molecule has 0 aliphatic heterocycles. The highest BCUT2D eigenvalue weighted by Gasteiger charge is 2.53. The van der Waals surface area contributed by atoms with Gasteiger partial charge >= 0.3 is 0 Å². The van der Waals surface area contributed by atoms with E-state index in [1.54, 1.807) is 0 Å². The fourth-order valence-electron chi connectivity index (χ4n) is 4.06. The summed E-state index contributed by atoms with van der Waals surface area (Å²) in [7, 11) is 0. The van der Waals surface area contributed by atoms with Gasteiger partial charge in [0.2, 0.25) is 0 Å². The number of hydrogen-bond acceptors (Lipinski definition) is 2. The highest BCUT2D eigenvalue weighted by Crippen LogP contribution is 2.57. The van der Waals surface area contributed by atoms with E-state index >= 15 is 0 Å². The van der Waals surface area contributed by atoms with Crippen molar-refractivity contribution in [2.24, 2.45) is 16.7 Å². The Morgan fingerprint density at radius 3 is 2.53 bits per heavy atom. The Balaban J connectivity index is 2.28. The van der Waals surface area contributed by atoms with Gasteiger partial charge in [0.15, 0.2) is 0 Å². The first-order chi connectivity index (χ1) is 7.03. The predicted octanol–water partition coefficient (Wildman–Crippen LogP) is 2.34. The predicted molar refractivity (Wildman–Crippen MR) is 60.5 cm³/mol. The van der Waals surface area contributed by atoms with Crippen LogP contribution in [0.3, 0.4) is 0 Å². The first-order valence-corrected chi connectivity index (χ1v) is 6.32. The van der Waals surface area contributed by atoms with Gasteiger partial charge in [0.05, 0.1) is 6.10 Å². The minimum Gasteiger partial charge on any atom is -0.396 e. The monoisotopic (exact) mass is 212 g/mol. The second-order valence-corrected chi connectivity index (χ2v) is 6.19. The molecule has 0 bridgehead atoms. The zero-order valence-electron chi connectivity index (χ0n) is 10.00. The average Bonchev–Trinajstić information content (AvgIpc) is 2.24. The highest BCUT2D eigenvalue weighted by molar-refractivity contribution is 5.02. The van der Waals surface area contributed by atoms with Crippen LogP contribution in [0.2, 0.25) is 0 Å². The van der Waals surface area contributed by atoms with Gasteiger partial charge in [-0.1, -0.05) is 26.7 Å². The van der Waals surface area contributed by atoms with Crippen LogP contribution in [0.5, 0.6) is 0 Å². The van der Waals surface area contributed by atoms with Crippen molar-refractivity contribution in [1.29, 1.82) is 0 Å². The number of aliphatic hydroxyl groups is 2. The standard InChI is InChI=1S/C13H24O2/c1-12(2)10-5-3-4-7-13(10,9-14)8-6-11(12)15/h10-11,14-15H,3-9H2,1-2H3. The molecular weight excluding hydrogens is 188 g/mol. The molecular formula is C13H24O2. The minimum absolute atomic E-state index is 0.0125. The molecule has 2 fully saturated rings. The van der Waals surface area contributed by atoms with Crippen LogP contribution in [0.25, 0.3) is 0 Å². The number of rotatable bonds is 1. The molecule has 2 heteroatoms. The largest absolute Gasteiger partial charge is 0.396 e. The Morgan fingerprint density at radius 2 is 1.87 bits per heavy atom. The second kappa shape index (κ2) is 3.74. The Kier molecular flexibility index (Phi) is 2.85. The summed E-state index contributed by atoms with van der Waals surface area (Å²) >= 11 is 0. The molecule has 2 saturated carbocycles. The molecule has 0 aromatic heterocycles. The van der Waals surface area contributed by atoms with Gasteiger partial charge in [0.25, 0.3) is 0 Å². The van der Waals surface area contributed by atoms with Crippen LogP contribution in [0, 0.1) is 16.7 Å². The molecule has 2 aliphatic carbocycles. The summed E-state index contributed by atoms with van der Waals surface area (Å²) in [5.74, 6) is 0.507. The number of hydrogen-bond donors (Lipinski definition) is 2. The first kappa shape index (κ1) is 11.4. The van der Waals surface area contributed by atoms with E-state index in [2.05, 4.69) is 13.8 Å². The molecule has 0 spiro atoms. The maximum atomic E-state index is 10.1. The van der Waals surface area contributed by atoms with Crippen molar-refractivity contribution in [2.75, 3.05) is 6.61 Å². The lowest BCUT2D eigenvalue weighted by Crippen LogP contribution is -2.53. The molecule has 3 unspecified atom stereocenters. The lowest BCUT2D eigenvalue weighted by atomic mass is 9.50. The van der Waals surface area contributed by atoms with E-state index in [9.17, 15) is 10.2 Å². The van der Waals surface area contributed by atoms with E-state index in [1.165, 1.54) is 19.3 Å². The van der Waals surface area contributed by atoms with Gasteiger partial charge in [-0.3, -0.25) is 0 Å². The van der Waals surface area contributed by atoms with Crippen molar-refractivity contribution >= 4 is 0 Å². The quantitative estimate of drug-likeness (QED) is 0.700. The number of aliphatic hydroxyl groups excluding tert-OH is 2. The lowest BCUT2D eigenvalue weighted by molar-refractivity contribution is -0.136. The summed E-state index contributed by atoms with van der Waals surface area (Å²) in [6.07, 6.45) is 6.56. The van der Waals surface area contributed by atoms with Crippen molar-refractivity contribution in [1.82, 2.24) is 0 Å². The van der Waals surface area contributed by atoms with E-state index in [1.807, 2.05) is 0 Å². The molecule has 0 amide bonds. The van der Waals surface area contributed by atoms with E-state index in [4.69, 9.17) is 0 Å². The SMILES string of the molecule is CC1(C)C(O)CCC2(CO)CCCCC21. The average molecular weight is 212 g/mol. The van der Waals surface area contributed by atoms with Gasteiger partial charge in [-0.2, -0.15) is 0 Å². The third-order valence-corrected chi connectivity index (χ3v) is 5.14. The smallest absolute Gasteiger partial charge is 0.0594 e. The zero-order chi connectivity index (χ0) is 11.1. The minimum atomic E-state index is -0.180. The van der Waals surface area contributed by atoms with E-state index in [-0.39, 0.29) is 16.9 Å². The van der Waals surface area contributed by atoms with Crippen molar-refractivity contribution in [3.8, 4) is 0 Å². The second-order valence-electron chi connectivity index (χ2n) is 6.19. The topological polar surface area (TPSA) is 40.5 Å². The molecule has 2 aliphatic rings. The number of fused-ring (bicyclic) bond motifs is 1. The summed E-state index contributed by atoms with van der Waals surface area (Å²) in [4.78, 5) is 0. The maximum Gasteiger partial charge on any atom is 0.0594 e. The fraction of sp³-hybridized carbons (Fsp3) is 1.00. The summed E-state index contributed by atoms with van der Waals surface area (Å²) in [5.41, 5.74) is 0.113. The van der Waals surface area contributed by atoms with E-state index in [0.717, 1.165) is 19.3 Å². The van der Waals surface area contributed by atoms with Crippen LogP contribution in [0.4, 0.5) is 0 Å². The summed E-state index contributed by atoms with van der Waals surface area (Å²) < 4.78 is 0. The van der Waals surface area contributed by atoms with E-state index < -0.39 is 0 Å². The lowest BCUT2D eigenvalue weighted by Gasteiger charge is -2.56. The van der Waals surface area contributed by atoms with Crippen LogP contribution in [0.1, 0.15) is 52.4 Å². The molecule has 88 valence electrons. The Hall–Kier alpha value is -0.0800. The molecule has 2 N–H and O–H groups in total. The Labute approximate surface area is 92.7 Å². The molecule has 0 aromatic carbocycles. The third-order valence-electron chi connectivity index (χ3n) is 5.14. The van der Waals surface area contributed by atoms with Crippen LogP contribution in [-0.2, 0) is 0 Å². The molecule has 2 nitrogen and oxygen atoms in total. The van der Waals surface area contributed by atoms with Crippen molar-refractivity contribution < 1.29 is 10.2 Å². The summed E-state index contributed by atoms with van der Waals surface area (Å²) in [6.45, 7) is 4.67. The summed E-state index contributed by atoms with van der Waals surface area (Å²) in [6, 6.07) is 0. The molecule has 0 aromatic rings. The fourth-order valence-corrected chi connectivity index (χ4v) is 4.06. The van der Waals surface area contributed by atoms with Crippen molar-refractivity contribution in [3.63, 3.8) is 0 Å². The zero-order valence-corrected chi connectivity index (χ0v) is 10.00. The molecule has 0 heterocycles. The third kappa shape index (κ3) is 1.62. The van der Waals surface area contributed by atoms with Crippen molar-refractivity contribution in [3.05, 3.63) is 0 Å². The van der Waals surface area contributed by atoms with Crippen LogP contribution in [-0.4, -0.2) is 22.9 Å². The van der Waals surface area contributed by atoms with Gasteiger partial charge in [-0.05, 0) is 42.4 Å².